The molecule has 6 heteroatoms. The van der Waals surface area contributed by atoms with Crippen LogP contribution >= 0.6 is 15.9 Å². The quantitative estimate of drug-likeness (QED) is 0.682. The van der Waals surface area contributed by atoms with E-state index in [4.69, 9.17) is 0 Å². The van der Waals surface area contributed by atoms with Crippen molar-refractivity contribution in [3.05, 3.63) is 70.3 Å². The second-order valence-electron chi connectivity index (χ2n) is 5.45. The van der Waals surface area contributed by atoms with Gasteiger partial charge in [-0.3, -0.25) is 4.79 Å². The van der Waals surface area contributed by atoms with Gasteiger partial charge in [0.15, 0.2) is 0 Å². The molecule has 0 atom stereocenters. The summed E-state index contributed by atoms with van der Waals surface area (Å²) >= 11 is 3.38. The average molecular weight is 396 g/mol. The molecule has 0 aromatic heterocycles. The highest BCUT2D eigenvalue weighted by Crippen LogP contribution is 2.33. The fraction of sp³-hybridized carbons (Fsp3) is 0.167. The summed E-state index contributed by atoms with van der Waals surface area (Å²) in [6.07, 6.45) is -2.89. The minimum Gasteiger partial charge on any atom is -0.347 e. The number of Topliss-reactive ketones (excluding diaryl/α,β-unsaturated/α-hetero) is 1. The summed E-state index contributed by atoms with van der Waals surface area (Å²) in [5.41, 5.74) is 1.76. The van der Waals surface area contributed by atoms with E-state index in [0.29, 0.717) is 13.0 Å². The molecule has 0 N–H and O–H groups in total. The smallest absolute Gasteiger partial charge is 0.347 e. The van der Waals surface area contributed by atoms with Gasteiger partial charge in [0.25, 0.3) is 5.78 Å². The van der Waals surface area contributed by atoms with Gasteiger partial charge in [0.1, 0.15) is 0 Å². The molecule has 0 aliphatic carbocycles. The molecule has 124 valence electrons. The molecule has 1 aliphatic rings. The Morgan fingerprint density at radius 1 is 1.12 bits per heavy atom. The van der Waals surface area contributed by atoms with Crippen LogP contribution in [0.15, 0.2) is 59.2 Å². The number of rotatable bonds is 3. The fourth-order valence-electron chi connectivity index (χ4n) is 2.72. The molecule has 0 radical (unpaired) electrons. The lowest BCUT2D eigenvalue weighted by Gasteiger charge is -2.18. The van der Waals surface area contributed by atoms with Crippen molar-refractivity contribution < 1.29 is 18.0 Å². The lowest BCUT2D eigenvalue weighted by atomic mass is 10.0. The monoisotopic (exact) mass is 395 g/mol. The average Bonchev–Trinajstić information content (AvgIpc) is 2.94. The Morgan fingerprint density at radius 2 is 1.83 bits per heavy atom. The van der Waals surface area contributed by atoms with Gasteiger partial charge >= 0.3 is 6.18 Å². The van der Waals surface area contributed by atoms with Gasteiger partial charge in [-0.05, 0) is 35.7 Å². The van der Waals surface area contributed by atoms with Gasteiger partial charge in [0, 0.05) is 22.9 Å². The van der Waals surface area contributed by atoms with Crippen molar-refractivity contribution >= 4 is 33.0 Å². The van der Waals surface area contributed by atoms with Crippen LogP contribution in [0, 0.1) is 0 Å². The predicted molar refractivity (Wildman–Crippen MR) is 90.7 cm³/mol. The normalized spacial score (nSPS) is 14.7. The highest BCUT2D eigenvalue weighted by Gasteiger charge is 2.41. The number of halogens is 4. The predicted octanol–water partition coefficient (Wildman–Crippen LogP) is 4.98. The number of hydrogen-bond acceptors (Lipinski definition) is 2. The third-order valence-electron chi connectivity index (χ3n) is 3.84. The zero-order valence-electron chi connectivity index (χ0n) is 12.5. The first-order valence-electron chi connectivity index (χ1n) is 7.30. The van der Waals surface area contributed by atoms with Gasteiger partial charge in [0.05, 0.1) is 5.57 Å². The second-order valence-corrected chi connectivity index (χ2v) is 6.37. The largest absolute Gasteiger partial charge is 0.454 e. The summed E-state index contributed by atoms with van der Waals surface area (Å²) in [6, 6.07) is 13.5. The standard InChI is InChI=1S/C18H13BrF3NO/c19-14-6-7-16-13(10-14)8-9-23(16)11-15(17(24)18(20,21)22)12-4-2-1-3-5-12/h1-7,10-11H,8-9H2/b15-11-. The summed E-state index contributed by atoms with van der Waals surface area (Å²) in [5, 5.41) is 0. The lowest BCUT2D eigenvalue weighted by Crippen LogP contribution is -2.26. The van der Waals surface area contributed by atoms with E-state index in [1.54, 1.807) is 23.1 Å². The summed E-state index contributed by atoms with van der Waals surface area (Å²) in [5.74, 6) is -1.83. The molecule has 2 nitrogen and oxygen atoms in total. The minimum absolute atomic E-state index is 0.255. The highest BCUT2D eigenvalue weighted by atomic mass is 79.9. The Morgan fingerprint density at radius 3 is 2.50 bits per heavy atom. The Hall–Kier alpha value is -2.08. The van der Waals surface area contributed by atoms with Gasteiger partial charge in [0.2, 0.25) is 0 Å². The first-order valence-corrected chi connectivity index (χ1v) is 8.09. The van der Waals surface area contributed by atoms with Crippen LogP contribution < -0.4 is 4.90 Å². The van der Waals surface area contributed by atoms with Crippen LogP contribution in [0.2, 0.25) is 0 Å². The minimum atomic E-state index is -4.91. The molecule has 0 spiro atoms. The van der Waals surface area contributed by atoms with Gasteiger partial charge in [-0.25, -0.2) is 0 Å². The molecule has 0 amide bonds. The van der Waals surface area contributed by atoms with Gasteiger partial charge in [-0.15, -0.1) is 0 Å². The Labute approximate surface area is 145 Å². The zero-order chi connectivity index (χ0) is 17.3. The number of hydrogen-bond donors (Lipinski definition) is 0. The summed E-state index contributed by atoms with van der Waals surface area (Å²) in [6.45, 7) is 0.535. The number of carbonyl (C=O) groups excluding carboxylic acids is 1. The molecule has 2 aromatic carbocycles. The molecule has 3 rings (SSSR count). The molecule has 24 heavy (non-hydrogen) atoms. The van der Waals surface area contributed by atoms with E-state index in [1.807, 2.05) is 18.2 Å². The molecule has 1 aliphatic heterocycles. The van der Waals surface area contributed by atoms with Crippen LogP contribution in [-0.2, 0) is 11.2 Å². The Kier molecular flexibility index (Phi) is 4.49. The molecule has 0 saturated carbocycles. The van der Waals surface area contributed by atoms with Crippen molar-refractivity contribution in [1.82, 2.24) is 0 Å². The number of fused-ring (bicyclic) bond motifs is 1. The van der Waals surface area contributed by atoms with E-state index in [1.165, 1.54) is 18.3 Å². The number of benzene rings is 2. The van der Waals surface area contributed by atoms with Crippen LogP contribution in [0.1, 0.15) is 11.1 Å². The molecular formula is C18H13BrF3NO. The maximum atomic E-state index is 13.0. The summed E-state index contributed by atoms with van der Waals surface area (Å²) in [7, 11) is 0. The first kappa shape index (κ1) is 16.8. The maximum absolute atomic E-state index is 13.0. The van der Waals surface area contributed by atoms with Gasteiger partial charge in [-0.2, -0.15) is 13.2 Å². The lowest BCUT2D eigenvalue weighted by molar-refractivity contribution is -0.164. The number of nitrogens with zero attached hydrogens (tertiary/aromatic N) is 1. The first-order chi connectivity index (χ1) is 11.4. The van der Waals surface area contributed by atoms with E-state index in [-0.39, 0.29) is 11.1 Å². The second kappa shape index (κ2) is 6.43. The number of ketones is 1. The molecule has 0 bridgehead atoms. The van der Waals surface area contributed by atoms with E-state index in [9.17, 15) is 18.0 Å². The molecule has 1 heterocycles. The van der Waals surface area contributed by atoms with E-state index >= 15 is 0 Å². The van der Waals surface area contributed by atoms with Crippen LogP contribution in [0.3, 0.4) is 0 Å². The van der Waals surface area contributed by atoms with E-state index < -0.39 is 12.0 Å². The summed E-state index contributed by atoms with van der Waals surface area (Å²) < 4.78 is 39.9. The van der Waals surface area contributed by atoms with Crippen LogP contribution in [0.4, 0.5) is 18.9 Å². The number of allylic oxidation sites excluding steroid dienone is 1. The van der Waals surface area contributed by atoms with Crippen molar-refractivity contribution in [1.29, 1.82) is 0 Å². The molecule has 0 unspecified atom stereocenters. The number of alkyl halides is 3. The van der Waals surface area contributed by atoms with Gasteiger partial charge < -0.3 is 4.90 Å². The molecular weight excluding hydrogens is 383 g/mol. The summed E-state index contributed by atoms with van der Waals surface area (Å²) in [4.78, 5) is 13.6. The van der Waals surface area contributed by atoms with Crippen molar-refractivity contribution in [2.45, 2.75) is 12.6 Å². The third-order valence-corrected chi connectivity index (χ3v) is 4.34. The van der Waals surface area contributed by atoms with Crippen LogP contribution in [0.5, 0.6) is 0 Å². The Bertz CT molecular complexity index is 800. The molecule has 0 saturated heterocycles. The zero-order valence-corrected chi connectivity index (χ0v) is 14.1. The fourth-order valence-corrected chi connectivity index (χ4v) is 3.13. The van der Waals surface area contributed by atoms with E-state index in [2.05, 4.69) is 15.9 Å². The maximum Gasteiger partial charge on any atom is 0.454 e. The van der Waals surface area contributed by atoms with Crippen LogP contribution in [0.25, 0.3) is 5.57 Å². The van der Waals surface area contributed by atoms with Crippen LogP contribution in [-0.4, -0.2) is 18.5 Å². The highest BCUT2D eigenvalue weighted by molar-refractivity contribution is 9.10. The van der Waals surface area contributed by atoms with Crippen molar-refractivity contribution in [2.24, 2.45) is 0 Å². The topological polar surface area (TPSA) is 20.3 Å². The van der Waals surface area contributed by atoms with Crippen molar-refractivity contribution in [3.8, 4) is 0 Å². The van der Waals surface area contributed by atoms with Crippen molar-refractivity contribution in [2.75, 3.05) is 11.4 Å². The van der Waals surface area contributed by atoms with Gasteiger partial charge in [-0.1, -0.05) is 46.3 Å². The SMILES string of the molecule is O=C(/C(=C\N1CCc2cc(Br)ccc21)c1ccccc1)C(F)(F)F. The third kappa shape index (κ3) is 3.38. The van der Waals surface area contributed by atoms with Crippen molar-refractivity contribution in [3.63, 3.8) is 0 Å². The number of carbonyl (C=O) groups is 1. The number of anilines is 1. The Balaban J connectivity index is 2.05. The molecule has 2 aromatic rings. The van der Waals surface area contributed by atoms with E-state index in [0.717, 1.165) is 15.7 Å². The molecule has 0 fully saturated rings.